The largest absolute Gasteiger partial charge is 0.424 e. The van der Waals surface area contributed by atoms with Crippen LogP contribution in [0.1, 0.15) is 13.8 Å². The number of rotatable bonds is 0. The van der Waals surface area contributed by atoms with Gasteiger partial charge in [-0.15, -0.1) is 0 Å². The molecule has 0 aliphatic rings. The van der Waals surface area contributed by atoms with Gasteiger partial charge in [-0.05, 0) is 6.07 Å². The van der Waals surface area contributed by atoms with E-state index in [-0.39, 0.29) is 6.01 Å². The predicted octanol–water partition coefficient (Wildman–Crippen LogP) is 2.67. The Labute approximate surface area is 86.8 Å². The summed E-state index contributed by atoms with van der Waals surface area (Å²) in [6, 6.07) is 3.33. The lowest BCUT2D eigenvalue weighted by Crippen LogP contribution is -1.85. The highest BCUT2D eigenvalue weighted by Crippen LogP contribution is 2.26. The molecule has 1 aromatic heterocycles. The molecule has 5 heteroatoms. The van der Waals surface area contributed by atoms with E-state index in [9.17, 15) is 0 Å². The molecule has 0 radical (unpaired) electrons. The van der Waals surface area contributed by atoms with Gasteiger partial charge >= 0.3 is 0 Å². The van der Waals surface area contributed by atoms with Crippen LogP contribution >= 0.6 is 11.6 Å². The fraction of sp³-hybridized carbons (Fsp3) is 0.222. The first-order chi connectivity index (χ1) is 6.66. The van der Waals surface area contributed by atoms with Crippen LogP contribution in [0.15, 0.2) is 16.5 Å². The van der Waals surface area contributed by atoms with E-state index in [1.807, 2.05) is 13.8 Å². The summed E-state index contributed by atoms with van der Waals surface area (Å²) in [6.45, 7) is 4.00. The molecule has 4 nitrogen and oxygen atoms in total. The smallest absolute Gasteiger partial charge is 0.292 e. The first kappa shape index (κ1) is 10.7. The molecule has 4 N–H and O–H groups in total. The van der Waals surface area contributed by atoms with E-state index in [1.54, 1.807) is 12.1 Å². The van der Waals surface area contributed by atoms with Crippen LogP contribution in [0.3, 0.4) is 0 Å². The highest BCUT2D eigenvalue weighted by Gasteiger charge is 2.05. The number of aromatic nitrogens is 1. The number of nitrogen functional groups attached to an aromatic ring is 2. The Morgan fingerprint density at radius 2 is 1.93 bits per heavy atom. The minimum atomic E-state index is 0.117. The first-order valence-electron chi connectivity index (χ1n) is 4.28. The van der Waals surface area contributed by atoms with Crippen molar-refractivity contribution in [3.05, 3.63) is 17.2 Å². The van der Waals surface area contributed by atoms with Crippen molar-refractivity contribution in [3.63, 3.8) is 0 Å². The van der Waals surface area contributed by atoms with Crippen LogP contribution in [0.5, 0.6) is 0 Å². The van der Waals surface area contributed by atoms with Crippen molar-refractivity contribution < 1.29 is 4.42 Å². The lowest BCUT2D eigenvalue weighted by Gasteiger charge is -1.94. The minimum Gasteiger partial charge on any atom is -0.424 e. The van der Waals surface area contributed by atoms with Crippen LogP contribution in [0, 0.1) is 0 Å². The van der Waals surface area contributed by atoms with Crippen LogP contribution in [0.2, 0.25) is 5.02 Å². The van der Waals surface area contributed by atoms with E-state index in [0.717, 1.165) is 0 Å². The molecule has 0 saturated carbocycles. The van der Waals surface area contributed by atoms with E-state index >= 15 is 0 Å². The molecular formula is C9H12ClN3O. The van der Waals surface area contributed by atoms with Gasteiger partial charge in [0, 0.05) is 6.07 Å². The number of halogens is 1. The maximum Gasteiger partial charge on any atom is 0.292 e. The number of benzene rings is 1. The van der Waals surface area contributed by atoms with Crippen molar-refractivity contribution in [2.45, 2.75) is 13.8 Å². The molecule has 0 unspecified atom stereocenters. The summed E-state index contributed by atoms with van der Waals surface area (Å²) in [6.07, 6.45) is 0. The maximum absolute atomic E-state index is 5.74. The highest BCUT2D eigenvalue weighted by molar-refractivity contribution is 6.33. The van der Waals surface area contributed by atoms with Gasteiger partial charge in [-0.3, -0.25) is 0 Å². The van der Waals surface area contributed by atoms with Crippen LogP contribution < -0.4 is 11.5 Å². The maximum atomic E-state index is 5.74. The summed E-state index contributed by atoms with van der Waals surface area (Å²) >= 11 is 5.74. The number of fused-ring (bicyclic) bond motifs is 1. The molecule has 0 saturated heterocycles. The Hall–Kier alpha value is -1.42. The normalized spacial score (nSPS) is 9.64. The molecule has 2 rings (SSSR count). The Morgan fingerprint density at radius 3 is 2.57 bits per heavy atom. The molecule has 0 bridgehead atoms. The molecule has 1 aromatic carbocycles. The summed E-state index contributed by atoms with van der Waals surface area (Å²) < 4.78 is 5.03. The molecule has 2 aromatic rings. The average molecular weight is 214 g/mol. The summed E-state index contributed by atoms with van der Waals surface area (Å²) in [5.41, 5.74) is 12.5. The molecule has 14 heavy (non-hydrogen) atoms. The standard InChI is InChI=1S/C7H6ClN3O.C2H6/c8-3-1-6-5(2-4(3)9)11-7(10)12-6;1-2/h1-2H,9H2,(H2,10,11);1-2H3. The number of anilines is 2. The summed E-state index contributed by atoms with van der Waals surface area (Å²) in [7, 11) is 0. The number of nitrogens with two attached hydrogens (primary N) is 2. The van der Waals surface area contributed by atoms with Gasteiger partial charge in [0.2, 0.25) is 0 Å². The summed E-state index contributed by atoms with van der Waals surface area (Å²) in [4.78, 5) is 3.89. The SMILES string of the molecule is CC.Nc1nc2cc(N)c(Cl)cc2o1. The third kappa shape index (κ3) is 1.90. The van der Waals surface area contributed by atoms with Gasteiger partial charge in [-0.1, -0.05) is 25.4 Å². The average Bonchev–Trinajstić information content (AvgIpc) is 2.49. The van der Waals surface area contributed by atoms with Crippen molar-refractivity contribution in [1.29, 1.82) is 0 Å². The molecule has 1 heterocycles. The Morgan fingerprint density at radius 1 is 1.29 bits per heavy atom. The Bertz CT molecular complexity index is 400. The third-order valence-corrected chi connectivity index (χ3v) is 1.85. The monoisotopic (exact) mass is 213 g/mol. The molecular weight excluding hydrogens is 202 g/mol. The highest BCUT2D eigenvalue weighted by atomic mass is 35.5. The zero-order chi connectivity index (χ0) is 10.7. The van der Waals surface area contributed by atoms with Crippen LogP contribution in [-0.4, -0.2) is 4.98 Å². The Balaban J connectivity index is 0.000000461. The Kier molecular flexibility index (Phi) is 3.19. The number of oxazole rings is 1. The zero-order valence-electron chi connectivity index (χ0n) is 8.04. The third-order valence-electron chi connectivity index (χ3n) is 1.52. The van der Waals surface area contributed by atoms with Gasteiger partial charge in [0.15, 0.2) is 5.58 Å². The first-order valence-corrected chi connectivity index (χ1v) is 4.65. The fourth-order valence-corrected chi connectivity index (χ4v) is 1.14. The van der Waals surface area contributed by atoms with Crippen LogP contribution in [0.25, 0.3) is 11.1 Å². The molecule has 0 atom stereocenters. The van der Waals surface area contributed by atoms with Gasteiger partial charge in [0.25, 0.3) is 6.01 Å². The molecule has 0 fully saturated rings. The van der Waals surface area contributed by atoms with Crippen molar-refractivity contribution in [1.82, 2.24) is 4.98 Å². The van der Waals surface area contributed by atoms with Crippen molar-refractivity contribution in [3.8, 4) is 0 Å². The minimum absolute atomic E-state index is 0.117. The van der Waals surface area contributed by atoms with E-state index in [4.69, 9.17) is 27.5 Å². The molecule has 0 amide bonds. The molecule has 76 valence electrons. The van der Waals surface area contributed by atoms with Crippen LogP contribution in [-0.2, 0) is 0 Å². The van der Waals surface area contributed by atoms with E-state index in [1.165, 1.54) is 0 Å². The van der Waals surface area contributed by atoms with Gasteiger partial charge < -0.3 is 15.9 Å². The van der Waals surface area contributed by atoms with E-state index in [2.05, 4.69) is 4.98 Å². The lowest BCUT2D eigenvalue weighted by molar-refractivity contribution is 0.626. The quantitative estimate of drug-likeness (QED) is 0.660. The second kappa shape index (κ2) is 4.19. The molecule has 0 aliphatic carbocycles. The summed E-state index contributed by atoms with van der Waals surface area (Å²) in [5.74, 6) is 0. The van der Waals surface area contributed by atoms with E-state index in [0.29, 0.717) is 21.8 Å². The molecule has 0 spiro atoms. The number of hydrogen-bond acceptors (Lipinski definition) is 4. The second-order valence-corrected chi connectivity index (χ2v) is 2.80. The second-order valence-electron chi connectivity index (χ2n) is 2.39. The molecule has 0 aliphatic heterocycles. The summed E-state index contributed by atoms with van der Waals surface area (Å²) in [5, 5.41) is 0.443. The topological polar surface area (TPSA) is 78.1 Å². The van der Waals surface area contributed by atoms with Crippen LogP contribution in [0.4, 0.5) is 11.7 Å². The van der Waals surface area contributed by atoms with Gasteiger partial charge in [-0.25, -0.2) is 0 Å². The van der Waals surface area contributed by atoms with Gasteiger partial charge in [0.05, 0.1) is 10.7 Å². The van der Waals surface area contributed by atoms with E-state index < -0.39 is 0 Å². The lowest BCUT2D eigenvalue weighted by atomic mass is 10.3. The number of nitrogens with zero attached hydrogens (tertiary/aromatic N) is 1. The predicted molar refractivity (Wildman–Crippen MR) is 59.2 cm³/mol. The van der Waals surface area contributed by atoms with Crippen molar-refractivity contribution >= 4 is 34.4 Å². The van der Waals surface area contributed by atoms with Gasteiger partial charge in [0.1, 0.15) is 5.52 Å². The number of hydrogen-bond donors (Lipinski definition) is 2. The zero-order valence-corrected chi connectivity index (χ0v) is 8.80. The fourth-order valence-electron chi connectivity index (χ4n) is 0.983. The van der Waals surface area contributed by atoms with Crippen molar-refractivity contribution in [2.24, 2.45) is 0 Å². The van der Waals surface area contributed by atoms with Crippen molar-refractivity contribution in [2.75, 3.05) is 11.5 Å². The van der Waals surface area contributed by atoms with Gasteiger partial charge in [-0.2, -0.15) is 4.98 Å².